The van der Waals surface area contributed by atoms with Crippen molar-refractivity contribution in [3.8, 4) is 0 Å². The molecular weight excluding hydrogens is 692 g/mol. The van der Waals surface area contributed by atoms with Gasteiger partial charge in [0, 0.05) is 31.7 Å². The molecule has 3 fully saturated rings. The summed E-state index contributed by atoms with van der Waals surface area (Å²) >= 11 is 0. The quantitative estimate of drug-likeness (QED) is 0.0953. The Morgan fingerprint density at radius 3 is 2.24 bits per heavy atom. The highest BCUT2D eigenvalue weighted by atomic mass is 16.7. The van der Waals surface area contributed by atoms with Crippen molar-refractivity contribution in [2.45, 2.75) is 186 Å². The predicted octanol–water partition coefficient (Wildman–Crippen LogP) is 4.96. The van der Waals surface area contributed by atoms with E-state index in [1.165, 1.54) is 44.9 Å². The Bertz CT molecular complexity index is 1180. The number of unbranched alkanes of at least 4 members (excludes halogenated alkanes) is 7. The number of carbonyl (C=O) groups is 3. The lowest BCUT2D eigenvalue weighted by Crippen LogP contribution is -2.60. The molecule has 4 N–H and O–H groups in total. The van der Waals surface area contributed by atoms with Crippen LogP contribution in [0.15, 0.2) is 0 Å². The fraction of sp³-hybridized carbons (Fsp3) is 0.927. The van der Waals surface area contributed by atoms with Gasteiger partial charge < -0.3 is 49.6 Å². The summed E-state index contributed by atoms with van der Waals surface area (Å²) in [5, 5.41) is 21.7. The lowest BCUT2D eigenvalue weighted by molar-refractivity contribution is -0.297. The third-order valence-electron chi connectivity index (χ3n) is 12.3. The number of likely N-dealkylation sites (N-methyl/N-ethyl adjacent to an activating group) is 1. The number of nitrogens with one attached hydrogen (secondary N) is 3. The summed E-state index contributed by atoms with van der Waals surface area (Å²) in [5.41, 5.74) is -2.18. The van der Waals surface area contributed by atoms with E-state index >= 15 is 0 Å². The molecule has 0 aromatic carbocycles. The molecule has 3 heterocycles. The van der Waals surface area contributed by atoms with Crippen LogP contribution in [0.3, 0.4) is 0 Å². The Balaban J connectivity index is 1.84. The third kappa shape index (κ3) is 12.1. The Kier molecular flexibility index (Phi) is 18.6. The molecule has 0 aromatic heterocycles. The van der Waals surface area contributed by atoms with Crippen molar-refractivity contribution < 1.29 is 43.2 Å². The maximum atomic E-state index is 14.3. The summed E-state index contributed by atoms with van der Waals surface area (Å²) in [6, 6.07) is -0.976. The van der Waals surface area contributed by atoms with E-state index in [0.29, 0.717) is 32.4 Å². The van der Waals surface area contributed by atoms with Crippen molar-refractivity contribution in [3.05, 3.63) is 0 Å². The van der Waals surface area contributed by atoms with Gasteiger partial charge >= 0.3 is 12.1 Å². The molecule has 13 nitrogen and oxygen atoms in total. The molecule has 0 aromatic rings. The number of ketones is 1. The molecule has 0 spiro atoms. The Morgan fingerprint density at radius 1 is 0.981 bits per heavy atom. The predicted molar refractivity (Wildman–Crippen MR) is 209 cm³/mol. The van der Waals surface area contributed by atoms with E-state index in [-0.39, 0.29) is 29.9 Å². The molecule has 0 bridgehead atoms. The molecule has 3 rings (SSSR count). The first-order valence-corrected chi connectivity index (χ1v) is 20.9. The highest BCUT2D eigenvalue weighted by molar-refractivity contribution is 6.00. The Hall–Kier alpha value is -1.87. The van der Waals surface area contributed by atoms with Gasteiger partial charge in [0.05, 0.1) is 23.9 Å². The number of alkyl carbamates (subject to hydrolysis) is 1. The third-order valence-corrected chi connectivity index (χ3v) is 12.3. The van der Waals surface area contributed by atoms with E-state index < -0.39 is 65.7 Å². The lowest BCUT2D eigenvalue weighted by Gasteiger charge is -2.47. The van der Waals surface area contributed by atoms with Crippen LogP contribution in [0.1, 0.15) is 126 Å². The molecular formula is C41H76N4O9. The molecule has 1 amide bonds. The van der Waals surface area contributed by atoms with Crippen molar-refractivity contribution in [2.24, 2.45) is 17.8 Å². The number of esters is 1. The van der Waals surface area contributed by atoms with Crippen LogP contribution in [0.25, 0.3) is 0 Å². The Morgan fingerprint density at radius 2 is 1.63 bits per heavy atom. The Labute approximate surface area is 326 Å². The van der Waals surface area contributed by atoms with Crippen molar-refractivity contribution in [3.63, 3.8) is 0 Å². The van der Waals surface area contributed by atoms with Crippen LogP contribution in [0.4, 0.5) is 4.79 Å². The second-order valence-corrected chi connectivity index (χ2v) is 17.1. The van der Waals surface area contributed by atoms with Gasteiger partial charge in [-0.1, -0.05) is 72.6 Å². The average molecular weight is 769 g/mol. The van der Waals surface area contributed by atoms with E-state index in [0.717, 1.165) is 13.0 Å². The van der Waals surface area contributed by atoms with Crippen molar-refractivity contribution >= 4 is 17.8 Å². The zero-order chi connectivity index (χ0) is 40.2. The fourth-order valence-corrected chi connectivity index (χ4v) is 8.80. The van der Waals surface area contributed by atoms with Crippen LogP contribution in [0, 0.1) is 17.8 Å². The van der Waals surface area contributed by atoms with Gasteiger partial charge in [0.2, 0.25) is 0 Å². The maximum absolute atomic E-state index is 14.3. The van der Waals surface area contributed by atoms with Crippen LogP contribution in [0.2, 0.25) is 0 Å². The van der Waals surface area contributed by atoms with Gasteiger partial charge in [-0.2, -0.15) is 0 Å². The number of ether oxygens (including phenoxy) is 5. The SMILES string of the molecule is CCCCCCCCCCNCC1CC(N(C)C)C(O)[C@H](O[C@@H]2[C@@H](C)C(=O)C(C)C(=O)O[C@H](CC)[C@@]3(C)OC(=O)N[C@@H]3[C@@H](C)NC[C@H](C)C[C@@]2(C)OC)O1. The molecule has 4 unspecified atom stereocenters. The van der Waals surface area contributed by atoms with Crippen molar-refractivity contribution in [1.82, 2.24) is 20.9 Å². The summed E-state index contributed by atoms with van der Waals surface area (Å²) in [4.78, 5) is 42.6. The minimum Gasteiger partial charge on any atom is -0.458 e. The van der Waals surface area contributed by atoms with Gasteiger partial charge in [0.1, 0.15) is 18.1 Å². The number of rotatable bonds is 16. The summed E-state index contributed by atoms with van der Waals surface area (Å²) in [6.07, 6.45) is 7.01. The number of cyclic esters (lactones) is 1. The van der Waals surface area contributed by atoms with E-state index in [9.17, 15) is 19.5 Å². The summed E-state index contributed by atoms with van der Waals surface area (Å²) in [7, 11) is 5.48. The molecule has 3 saturated heterocycles. The molecule has 13 heteroatoms. The van der Waals surface area contributed by atoms with Crippen LogP contribution in [0.5, 0.6) is 0 Å². The average Bonchev–Trinajstić information content (AvgIpc) is 3.45. The number of amides is 1. The number of methoxy groups -OCH3 is 1. The zero-order valence-corrected chi connectivity index (χ0v) is 35.4. The number of nitrogens with zero attached hydrogens (tertiary/aromatic N) is 1. The summed E-state index contributed by atoms with van der Waals surface area (Å²) in [6.45, 7) is 17.2. The smallest absolute Gasteiger partial charge is 0.408 e. The summed E-state index contributed by atoms with van der Waals surface area (Å²) < 4.78 is 31.4. The van der Waals surface area contributed by atoms with Crippen molar-refractivity contribution in [2.75, 3.05) is 40.8 Å². The van der Waals surface area contributed by atoms with Crippen LogP contribution in [-0.2, 0) is 33.3 Å². The lowest BCUT2D eigenvalue weighted by atomic mass is 9.78. The molecule has 3 aliphatic rings. The number of fused-ring (bicyclic) bond motifs is 1. The first kappa shape index (κ1) is 46.5. The maximum Gasteiger partial charge on any atom is 0.408 e. The largest absolute Gasteiger partial charge is 0.458 e. The van der Waals surface area contributed by atoms with Crippen LogP contribution in [-0.4, -0.2) is 129 Å². The van der Waals surface area contributed by atoms with E-state index in [1.807, 2.05) is 39.8 Å². The number of carbonyl (C=O) groups excluding carboxylic acids is 3. The van der Waals surface area contributed by atoms with E-state index in [2.05, 4.69) is 29.8 Å². The van der Waals surface area contributed by atoms with E-state index in [4.69, 9.17) is 23.7 Å². The second-order valence-electron chi connectivity index (χ2n) is 17.1. The first-order chi connectivity index (χ1) is 25.5. The van der Waals surface area contributed by atoms with Gasteiger partial charge in [-0.3, -0.25) is 9.59 Å². The van der Waals surface area contributed by atoms with Gasteiger partial charge in [0.25, 0.3) is 0 Å². The first-order valence-electron chi connectivity index (χ1n) is 20.9. The molecule has 314 valence electrons. The highest BCUT2D eigenvalue weighted by Gasteiger charge is 2.55. The molecule has 54 heavy (non-hydrogen) atoms. The van der Waals surface area contributed by atoms with Gasteiger partial charge in [-0.15, -0.1) is 0 Å². The molecule has 3 aliphatic heterocycles. The molecule has 13 atom stereocenters. The molecule has 0 saturated carbocycles. The zero-order valence-electron chi connectivity index (χ0n) is 35.4. The fourth-order valence-electron chi connectivity index (χ4n) is 8.80. The normalized spacial score (nSPS) is 38.6. The van der Waals surface area contributed by atoms with Gasteiger partial charge in [-0.25, -0.2) is 4.79 Å². The number of hydrogen-bond acceptors (Lipinski definition) is 12. The van der Waals surface area contributed by atoms with Crippen LogP contribution >= 0.6 is 0 Å². The van der Waals surface area contributed by atoms with Gasteiger partial charge in [0.15, 0.2) is 17.7 Å². The minimum atomic E-state index is -1.16. The standard InChI is InChI=1S/C41H76N4O9/c1-12-14-15-16-17-18-19-20-21-42-25-30-22-31(45(9)10)34(47)38(51-30)53-36-27(4)33(46)28(5)37(48)52-32(13-2)41(8)35(44-39(49)54-41)29(6)43-24-26(3)23-40(36,7)50-11/h26-32,34-36,38,42-43,47H,12-25H2,1-11H3,(H,44,49)/t26-,27+,28?,29-,30?,31?,32-,34?,35-,36-,38+,40-,41-/m1/s1. The van der Waals surface area contributed by atoms with Gasteiger partial charge in [-0.05, 0) is 86.5 Å². The number of aliphatic hydroxyl groups excluding tert-OH is 1. The number of hydrogen-bond donors (Lipinski definition) is 4. The second kappa shape index (κ2) is 21.6. The minimum absolute atomic E-state index is 0.0255. The number of aliphatic hydroxyl groups is 1. The molecule has 0 radical (unpaired) electrons. The molecule has 0 aliphatic carbocycles. The monoisotopic (exact) mass is 769 g/mol. The highest BCUT2D eigenvalue weighted by Crippen LogP contribution is 2.37. The van der Waals surface area contributed by atoms with Crippen LogP contribution < -0.4 is 16.0 Å². The topological polar surface area (TPSA) is 157 Å². The van der Waals surface area contributed by atoms with Crippen molar-refractivity contribution in [1.29, 1.82) is 0 Å². The van der Waals surface area contributed by atoms with E-state index in [1.54, 1.807) is 27.9 Å². The summed E-state index contributed by atoms with van der Waals surface area (Å²) in [5.74, 6) is -3.04. The number of Topliss-reactive ketones (excluding diaryl/α,β-unsaturated/α-hetero) is 1.